The van der Waals surface area contributed by atoms with Crippen LogP contribution in [0.4, 0.5) is 0 Å². The predicted octanol–water partition coefficient (Wildman–Crippen LogP) is 3.19. The quantitative estimate of drug-likeness (QED) is 0.755. The molecule has 0 aliphatic heterocycles. The molecule has 0 aromatic heterocycles. The lowest BCUT2D eigenvalue weighted by Crippen LogP contribution is -2.41. The van der Waals surface area contributed by atoms with Crippen molar-refractivity contribution in [2.45, 2.75) is 57.2 Å². The van der Waals surface area contributed by atoms with Crippen LogP contribution in [0.15, 0.2) is 30.3 Å². The Morgan fingerprint density at radius 3 is 2.50 bits per heavy atom. The van der Waals surface area contributed by atoms with Gasteiger partial charge < -0.3 is 15.0 Å². The molecular formula is C20H32N2O2. The van der Waals surface area contributed by atoms with Crippen LogP contribution in [0.1, 0.15) is 50.5 Å². The number of carbonyl (C=O) groups excluding carboxylic acids is 1. The minimum absolute atomic E-state index is 0.0316. The summed E-state index contributed by atoms with van der Waals surface area (Å²) in [5.41, 5.74) is 1.26. The first kappa shape index (κ1) is 18.9. The molecule has 0 saturated heterocycles. The van der Waals surface area contributed by atoms with Gasteiger partial charge in [-0.15, -0.1) is 0 Å². The molecule has 134 valence electrons. The predicted molar refractivity (Wildman–Crippen MR) is 98.2 cm³/mol. The normalized spacial score (nSPS) is 17.8. The number of nitrogens with zero attached hydrogens (tertiary/aromatic N) is 1. The number of benzene rings is 1. The molecule has 2 rings (SSSR count). The van der Waals surface area contributed by atoms with E-state index >= 15 is 0 Å². The van der Waals surface area contributed by atoms with E-state index in [1.54, 1.807) is 0 Å². The van der Waals surface area contributed by atoms with Gasteiger partial charge in [0.05, 0.1) is 6.10 Å². The topological polar surface area (TPSA) is 41.6 Å². The molecule has 2 atom stereocenters. The summed E-state index contributed by atoms with van der Waals surface area (Å²) in [6, 6.07) is 10.4. The first-order valence-corrected chi connectivity index (χ1v) is 9.23. The molecule has 0 spiro atoms. The third-order valence-electron chi connectivity index (χ3n) is 4.70. The molecule has 1 saturated carbocycles. The van der Waals surface area contributed by atoms with Gasteiger partial charge in [-0.1, -0.05) is 50.1 Å². The third kappa shape index (κ3) is 5.91. The Balaban J connectivity index is 1.90. The van der Waals surface area contributed by atoms with E-state index in [1.807, 2.05) is 13.0 Å². The molecule has 1 aliphatic carbocycles. The summed E-state index contributed by atoms with van der Waals surface area (Å²) in [4.78, 5) is 14.7. The fourth-order valence-electron chi connectivity index (χ4n) is 3.39. The van der Waals surface area contributed by atoms with Crippen LogP contribution in [0, 0.1) is 0 Å². The summed E-state index contributed by atoms with van der Waals surface area (Å²) in [5.74, 6) is 0.318. The smallest absolute Gasteiger partial charge is 0.249 e. The molecule has 1 amide bonds. The number of rotatable bonds is 9. The third-order valence-corrected chi connectivity index (χ3v) is 4.70. The van der Waals surface area contributed by atoms with Gasteiger partial charge in [0, 0.05) is 19.0 Å². The molecule has 1 fully saturated rings. The van der Waals surface area contributed by atoms with Gasteiger partial charge in [0.15, 0.2) is 0 Å². The fourth-order valence-corrected chi connectivity index (χ4v) is 3.39. The van der Waals surface area contributed by atoms with Gasteiger partial charge in [-0.2, -0.15) is 0 Å². The number of hydrogen-bond acceptors (Lipinski definition) is 3. The van der Waals surface area contributed by atoms with Crippen molar-refractivity contribution in [3.05, 3.63) is 35.9 Å². The van der Waals surface area contributed by atoms with E-state index in [-0.39, 0.29) is 24.0 Å². The molecule has 4 nitrogen and oxygen atoms in total. The monoisotopic (exact) mass is 332 g/mol. The highest BCUT2D eigenvalue weighted by atomic mass is 16.5. The number of ether oxygens (including phenoxy) is 1. The average Bonchev–Trinajstić information content (AvgIpc) is 3.09. The highest BCUT2D eigenvalue weighted by Gasteiger charge is 2.25. The van der Waals surface area contributed by atoms with Crippen LogP contribution in [-0.4, -0.2) is 50.2 Å². The first-order chi connectivity index (χ1) is 11.6. The van der Waals surface area contributed by atoms with E-state index in [4.69, 9.17) is 4.74 Å². The van der Waals surface area contributed by atoms with Crippen molar-refractivity contribution < 1.29 is 9.53 Å². The van der Waals surface area contributed by atoms with Gasteiger partial charge in [0.25, 0.3) is 0 Å². The minimum Gasteiger partial charge on any atom is -0.365 e. The summed E-state index contributed by atoms with van der Waals surface area (Å²) in [5, 5.41) is 3.12. The number of amides is 1. The van der Waals surface area contributed by atoms with Crippen LogP contribution in [-0.2, 0) is 9.53 Å². The van der Waals surface area contributed by atoms with E-state index in [9.17, 15) is 4.79 Å². The molecule has 0 radical (unpaired) electrons. The lowest BCUT2D eigenvalue weighted by molar-refractivity contribution is -0.136. The van der Waals surface area contributed by atoms with Crippen molar-refractivity contribution in [3.8, 4) is 0 Å². The van der Waals surface area contributed by atoms with Crippen LogP contribution in [0.5, 0.6) is 0 Å². The minimum atomic E-state index is -0.316. The molecule has 0 bridgehead atoms. The Hall–Kier alpha value is -1.39. The zero-order valence-corrected chi connectivity index (χ0v) is 15.3. The maximum atomic E-state index is 12.5. The molecule has 24 heavy (non-hydrogen) atoms. The van der Waals surface area contributed by atoms with Gasteiger partial charge in [-0.3, -0.25) is 4.79 Å². The zero-order chi connectivity index (χ0) is 17.4. The molecular weight excluding hydrogens is 300 g/mol. The Bertz CT molecular complexity index is 484. The second kappa shape index (κ2) is 9.80. The molecule has 1 aromatic carbocycles. The Labute approximate surface area is 146 Å². The van der Waals surface area contributed by atoms with Gasteiger partial charge >= 0.3 is 0 Å². The summed E-state index contributed by atoms with van der Waals surface area (Å²) in [6.45, 7) is 3.57. The van der Waals surface area contributed by atoms with Crippen molar-refractivity contribution in [3.63, 3.8) is 0 Å². The van der Waals surface area contributed by atoms with Crippen molar-refractivity contribution in [2.75, 3.05) is 27.2 Å². The van der Waals surface area contributed by atoms with Crippen molar-refractivity contribution in [1.82, 2.24) is 10.2 Å². The number of nitrogens with one attached hydrogen (secondary N) is 1. The molecule has 1 aliphatic rings. The Morgan fingerprint density at radius 1 is 1.25 bits per heavy atom. The summed E-state index contributed by atoms with van der Waals surface area (Å²) in [7, 11) is 4.13. The molecule has 0 heterocycles. The fraction of sp³-hybridized carbons (Fsp3) is 0.650. The van der Waals surface area contributed by atoms with E-state index in [1.165, 1.54) is 18.4 Å². The second-order valence-corrected chi connectivity index (χ2v) is 7.05. The van der Waals surface area contributed by atoms with Crippen LogP contribution < -0.4 is 5.32 Å². The Kier molecular flexibility index (Phi) is 7.73. The second-order valence-electron chi connectivity index (χ2n) is 7.05. The number of hydrogen-bond donors (Lipinski definition) is 1. The van der Waals surface area contributed by atoms with Crippen LogP contribution >= 0.6 is 0 Å². The maximum Gasteiger partial charge on any atom is 0.249 e. The first-order valence-electron chi connectivity index (χ1n) is 9.23. The highest BCUT2D eigenvalue weighted by molar-refractivity contribution is 5.80. The van der Waals surface area contributed by atoms with Crippen LogP contribution in [0.2, 0.25) is 0 Å². The van der Waals surface area contributed by atoms with Crippen LogP contribution in [0.3, 0.4) is 0 Å². The van der Waals surface area contributed by atoms with Gasteiger partial charge in [-0.25, -0.2) is 0 Å². The largest absolute Gasteiger partial charge is 0.365 e. The summed E-state index contributed by atoms with van der Waals surface area (Å²) >= 11 is 0. The lowest BCUT2D eigenvalue weighted by atomic mass is 9.98. The van der Waals surface area contributed by atoms with Crippen molar-refractivity contribution in [1.29, 1.82) is 0 Å². The number of likely N-dealkylation sites (N-methyl/N-ethyl adjacent to an activating group) is 1. The molecule has 0 unspecified atom stereocenters. The van der Waals surface area contributed by atoms with Crippen LogP contribution in [0.25, 0.3) is 0 Å². The van der Waals surface area contributed by atoms with E-state index in [0.717, 1.165) is 25.8 Å². The van der Waals surface area contributed by atoms with E-state index in [2.05, 4.69) is 48.6 Å². The van der Waals surface area contributed by atoms with E-state index in [0.29, 0.717) is 6.54 Å². The standard InChI is InChI=1S/C20H32N2O2/c1-4-19(24-18-12-8-9-13-18)20(23)21-14-17(15-22(2)3)16-10-6-5-7-11-16/h5-7,10-11,17-19H,4,8-9,12-15H2,1-3H3,(H,21,23)/t17-,19+/m1/s1. The van der Waals surface area contributed by atoms with Gasteiger partial charge in [0.2, 0.25) is 5.91 Å². The molecule has 1 N–H and O–H groups in total. The van der Waals surface area contributed by atoms with Gasteiger partial charge in [0.1, 0.15) is 6.10 Å². The van der Waals surface area contributed by atoms with Gasteiger partial charge in [-0.05, 0) is 38.9 Å². The summed E-state index contributed by atoms with van der Waals surface area (Å²) in [6.07, 6.45) is 5.32. The number of carbonyl (C=O) groups is 1. The molecule has 4 heteroatoms. The van der Waals surface area contributed by atoms with Crippen molar-refractivity contribution >= 4 is 5.91 Å². The SMILES string of the molecule is CC[C@H](OC1CCCC1)C(=O)NC[C@H](CN(C)C)c1ccccc1. The van der Waals surface area contributed by atoms with Crippen molar-refractivity contribution in [2.24, 2.45) is 0 Å². The average molecular weight is 332 g/mol. The zero-order valence-electron chi connectivity index (χ0n) is 15.3. The molecule has 1 aromatic rings. The Morgan fingerprint density at radius 2 is 1.92 bits per heavy atom. The maximum absolute atomic E-state index is 12.5. The lowest BCUT2D eigenvalue weighted by Gasteiger charge is -2.24. The summed E-state index contributed by atoms with van der Waals surface area (Å²) < 4.78 is 6.02. The highest BCUT2D eigenvalue weighted by Crippen LogP contribution is 2.23. The van der Waals surface area contributed by atoms with E-state index < -0.39 is 0 Å².